The highest BCUT2D eigenvalue weighted by molar-refractivity contribution is 6.29. The van der Waals surface area contributed by atoms with Crippen molar-refractivity contribution in [2.75, 3.05) is 6.54 Å². The van der Waals surface area contributed by atoms with Gasteiger partial charge in [0.05, 0.1) is 12.6 Å². The third-order valence-electron chi connectivity index (χ3n) is 5.16. The predicted molar refractivity (Wildman–Crippen MR) is 71.7 cm³/mol. The first-order valence-corrected chi connectivity index (χ1v) is 7.42. The molecule has 1 N–H and O–H groups in total. The SMILES string of the molecule is Cc1cc(Cl)nc(CN2CC3CC4CC3C2C4O)n1. The quantitative estimate of drug-likeness (QED) is 0.836. The Morgan fingerprint density at radius 2 is 2.21 bits per heavy atom. The monoisotopic (exact) mass is 279 g/mol. The Kier molecular flexibility index (Phi) is 2.63. The minimum atomic E-state index is -0.149. The number of aliphatic hydroxyl groups excluding tert-OH is 1. The maximum absolute atomic E-state index is 10.4. The third-order valence-corrected chi connectivity index (χ3v) is 5.36. The van der Waals surface area contributed by atoms with Crippen molar-refractivity contribution in [3.05, 3.63) is 22.7 Å². The number of likely N-dealkylation sites (tertiary alicyclic amines) is 1. The fraction of sp³-hybridized carbons (Fsp3) is 0.714. The van der Waals surface area contributed by atoms with Crippen LogP contribution in [0, 0.1) is 24.7 Å². The lowest BCUT2D eigenvalue weighted by molar-refractivity contribution is 0.0476. The van der Waals surface area contributed by atoms with E-state index in [0.717, 1.165) is 24.0 Å². The molecule has 19 heavy (non-hydrogen) atoms. The molecule has 1 saturated heterocycles. The molecule has 1 aromatic heterocycles. The zero-order chi connectivity index (χ0) is 13.1. The Hall–Kier alpha value is -0.710. The maximum atomic E-state index is 10.4. The Labute approximate surface area is 117 Å². The van der Waals surface area contributed by atoms with E-state index in [2.05, 4.69) is 14.9 Å². The topological polar surface area (TPSA) is 49.2 Å². The van der Waals surface area contributed by atoms with E-state index in [1.165, 1.54) is 12.8 Å². The summed E-state index contributed by atoms with van der Waals surface area (Å²) < 4.78 is 0. The van der Waals surface area contributed by atoms with Crippen molar-refractivity contribution in [3.63, 3.8) is 0 Å². The second-order valence-corrected chi connectivity index (χ2v) is 6.70. The first-order chi connectivity index (χ1) is 9.11. The van der Waals surface area contributed by atoms with Gasteiger partial charge in [0.1, 0.15) is 11.0 Å². The zero-order valence-electron chi connectivity index (χ0n) is 11.0. The van der Waals surface area contributed by atoms with Gasteiger partial charge in [-0.15, -0.1) is 0 Å². The standard InChI is InChI=1S/C14H18ClN3O/c1-7-2-11(15)17-12(16-7)6-18-5-9-3-8-4-10(9)13(18)14(8)19/h2,8-10,13-14,19H,3-6H2,1H3. The van der Waals surface area contributed by atoms with Crippen molar-refractivity contribution in [2.45, 2.75) is 38.5 Å². The number of nitrogens with zero attached hydrogens (tertiary/aromatic N) is 3. The summed E-state index contributed by atoms with van der Waals surface area (Å²) in [5, 5.41) is 10.9. The average Bonchev–Trinajstić information content (AvgIpc) is 2.89. The minimum Gasteiger partial charge on any atom is -0.391 e. The number of fused-ring (bicyclic) bond motifs is 1. The second kappa shape index (κ2) is 4.14. The van der Waals surface area contributed by atoms with Gasteiger partial charge >= 0.3 is 0 Å². The van der Waals surface area contributed by atoms with Crippen LogP contribution in [-0.4, -0.2) is 38.7 Å². The smallest absolute Gasteiger partial charge is 0.144 e. The van der Waals surface area contributed by atoms with Crippen molar-refractivity contribution in [2.24, 2.45) is 17.8 Å². The third kappa shape index (κ3) is 1.81. The van der Waals surface area contributed by atoms with Crippen LogP contribution in [0.15, 0.2) is 6.07 Å². The number of halogens is 1. The molecule has 5 atom stereocenters. The summed E-state index contributed by atoms with van der Waals surface area (Å²) in [6.07, 6.45) is 2.26. The Balaban J connectivity index is 1.58. The van der Waals surface area contributed by atoms with Crippen molar-refractivity contribution in [1.29, 1.82) is 0 Å². The molecule has 0 spiro atoms. The fourth-order valence-electron chi connectivity index (χ4n) is 4.56. The summed E-state index contributed by atoms with van der Waals surface area (Å²) in [5.74, 6) is 2.79. The molecular formula is C14H18ClN3O. The average molecular weight is 280 g/mol. The Morgan fingerprint density at radius 1 is 1.37 bits per heavy atom. The normalized spacial score (nSPS) is 40.3. The first-order valence-electron chi connectivity index (χ1n) is 7.04. The molecule has 5 unspecified atom stereocenters. The van der Waals surface area contributed by atoms with Crippen LogP contribution in [0.3, 0.4) is 0 Å². The molecule has 3 aliphatic rings. The molecular weight excluding hydrogens is 262 g/mol. The summed E-state index contributed by atoms with van der Waals surface area (Å²) in [6, 6.07) is 2.10. The van der Waals surface area contributed by atoms with E-state index in [1.807, 2.05) is 6.92 Å². The van der Waals surface area contributed by atoms with Gasteiger partial charge in [0.2, 0.25) is 0 Å². The molecule has 4 nitrogen and oxygen atoms in total. The highest BCUT2D eigenvalue weighted by Gasteiger charge is 2.58. The molecule has 2 bridgehead atoms. The molecule has 5 heteroatoms. The van der Waals surface area contributed by atoms with Gasteiger partial charge in [-0.3, -0.25) is 4.90 Å². The lowest BCUT2D eigenvalue weighted by atomic mass is 9.88. The summed E-state index contributed by atoms with van der Waals surface area (Å²) in [6.45, 7) is 3.73. The second-order valence-electron chi connectivity index (χ2n) is 6.31. The van der Waals surface area contributed by atoms with Crippen LogP contribution in [0.2, 0.25) is 5.15 Å². The van der Waals surface area contributed by atoms with Crippen LogP contribution < -0.4 is 0 Å². The molecule has 102 valence electrons. The van der Waals surface area contributed by atoms with E-state index in [9.17, 15) is 5.11 Å². The van der Waals surface area contributed by atoms with Crippen LogP contribution in [0.5, 0.6) is 0 Å². The van der Waals surface area contributed by atoms with Crippen molar-refractivity contribution < 1.29 is 5.11 Å². The molecule has 0 amide bonds. The fourth-order valence-corrected chi connectivity index (χ4v) is 4.82. The van der Waals surface area contributed by atoms with Crippen LogP contribution in [0.1, 0.15) is 24.4 Å². The van der Waals surface area contributed by atoms with Crippen LogP contribution in [0.4, 0.5) is 0 Å². The molecule has 4 rings (SSSR count). The van der Waals surface area contributed by atoms with E-state index in [1.54, 1.807) is 6.07 Å². The summed E-state index contributed by atoms with van der Waals surface area (Å²) >= 11 is 5.99. The van der Waals surface area contributed by atoms with Gasteiger partial charge in [-0.1, -0.05) is 11.6 Å². The summed E-state index contributed by atoms with van der Waals surface area (Å²) in [7, 11) is 0. The van der Waals surface area contributed by atoms with Gasteiger partial charge in [0.15, 0.2) is 0 Å². The number of aryl methyl sites for hydroxylation is 1. The molecule has 2 saturated carbocycles. The summed E-state index contributed by atoms with van der Waals surface area (Å²) in [4.78, 5) is 11.1. The van der Waals surface area contributed by atoms with Crippen LogP contribution >= 0.6 is 11.6 Å². The number of aromatic nitrogens is 2. The van der Waals surface area contributed by atoms with E-state index in [4.69, 9.17) is 11.6 Å². The van der Waals surface area contributed by atoms with Crippen LogP contribution in [-0.2, 0) is 6.54 Å². The minimum absolute atomic E-state index is 0.149. The van der Waals surface area contributed by atoms with E-state index in [0.29, 0.717) is 29.6 Å². The Bertz CT molecular complexity index is 501. The van der Waals surface area contributed by atoms with E-state index >= 15 is 0 Å². The molecule has 1 aliphatic heterocycles. The molecule has 3 fully saturated rings. The van der Waals surface area contributed by atoms with E-state index in [-0.39, 0.29) is 6.10 Å². The number of rotatable bonds is 2. The number of aliphatic hydroxyl groups is 1. The van der Waals surface area contributed by atoms with Crippen LogP contribution in [0.25, 0.3) is 0 Å². The first kappa shape index (κ1) is 12.1. The zero-order valence-corrected chi connectivity index (χ0v) is 11.7. The van der Waals surface area contributed by atoms with Gasteiger partial charge in [-0.2, -0.15) is 0 Å². The van der Waals surface area contributed by atoms with E-state index < -0.39 is 0 Å². The van der Waals surface area contributed by atoms with Gasteiger partial charge in [0, 0.05) is 18.3 Å². The van der Waals surface area contributed by atoms with Crippen molar-refractivity contribution in [3.8, 4) is 0 Å². The molecule has 0 radical (unpaired) electrons. The predicted octanol–water partition coefficient (Wildman–Crippen LogP) is 1.64. The lowest BCUT2D eigenvalue weighted by Crippen LogP contribution is -2.40. The van der Waals surface area contributed by atoms with Crippen molar-refractivity contribution in [1.82, 2.24) is 14.9 Å². The number of hydrogen-bond acceptors (Lipinski definition) is 4. The van der Waals surface area contributed by atoms with Crippen molar-refractivity contribution >= 4 is 11.6 Å². The summed E-state index contributed by atoms with van der Waals surface area (Å²) in [5.41, 5.74) is 0.905. The molecule has 2 heterocycles. The lowest BCUT2D eigenvalue weighted by Gasteiger charge is -2.28. The largest absolute Gasteiger partial charge is 0.391 e. The molecule has 1 aromatic rings. The highest BCUT2D eigenvalue weighted by Crippen LogP contribution is 2.55. The highest BCUT2D eigenvalue weighted by atomic mass is 35.5. The van der Waals surface area contributed by atoms with Gasteiger partial charge in [0.25, 0.3) is 0 Å². The van der Waals surface area contributed by atoms with Gasteiger partial charge < -0.3 is 5.11 Å². The molecule has 2 aliphatic carbocycles. The molecule has 0 aromatic carbocycles. The maximum Gasteiger partial charge on any atom is 0.144 e. The number of hydrogen-bond donors (Lipinski definition) is 1. The Morgan fingerprint density at radius 3 is 2.95 bits per heavy atom. The van der Waals surface area contributed by atoms with Gasteiger partial charge in [-0.25, -0.2) is 9.97 Å². The van der Waals surface area contributed by atoms with Gasteiger partial charge in [-0.05, 0) is 43.6 Å².